The Kier molecular flexibility index (Phi) is 11.1. The van der Waals surface area contributed by atoms with Gasteiger partial charge in [0.2, 0.25) is 5.91 Å². The van der Waals surface area contributed by atoms with Crippen LogP contribution in [-0.2, 0) is 23.9 Å². The molecule has 0 unspecified atom stereocenters. The Morgan fingerprint density at radius 3 is 2.03 bits per heavy atom. The van der Waals surface area contributed by atoms with Gasteiger partial charge >= 0.3 is 11.9 Å². The maximum Gasteiger partial charge on any atom is 0.338 e. The Hall–Kier alpha value is -3.20. The van der Waals surface area contributed by atoms with Gasteiger partial charge in [-0.25, -0.2) is 4.79 Å². The van der Waals surface area contributed by atoms with E-state index in [0.29, 0.717) is 23.5 Å². The molecule has 0 aromatic heterocycles. The summed E-state index contributed by atoms with van der Waals surface area (Å²) in [5.41, 5.74) is 1.47. The van der Waals surface area contributed by atoms with Gasteiger partial charge < -0.3 is 20.1 Å². The highest BCUT2D eigenvalue weighted by Crippen LogP contribution is 2.14. The average Bonchev–Trinajstić information content (AvgIpc) is 2.81. The zero-order valence-electron chi connectivity index (χ0n) is 18.4. The topological polar surface area (TPSA) is 111 Å². The number of anilines is 2. The Bertz CT molecular complexity index is 944. The first kappa shape index (κ1) is 26.1. The molecule has 9 heteroatoms. The summed E-state index contributed by atoms with van der Waals surface area (Å²) in [6.45, 7) is 2.02. The number of hydrogen-bond donors (Lipinski definition) is 2. The average molecular weight is 519 g/mol. The monoisotopic (exact) mass is 518 g/mol. The SMILES string of the molecule is CCCCCOC(=O)c1ccc(NC(=O)CCC(=O)OCC(=O)Nc2ccc(Br)cc2)cc1. The van der Waals surface area contributed by atoms with Crippen molar-refractivity contribution in [3.8, 4) is 0 Å². The Balaban J connectivity index is 1.66. The Morgan fingerprint density at radius 1 is 0.788 bits per heavy atom. The molecule has 0 bridgehead atoms. The lowest BCUT2D eigenvalue weighted by molar-refractivity contribution is -0.147. The van der Waals surface area contributed by atoms with Crippen LogP contribution in [0.3, 0.4) is 0 Å². The molecule has 0 radical (unpaired) electrons. The normalized spacial score (nSPS) is 10.2. The quantitative estimate of drug-likeness (QED) is 0.311. The molecule has 2 N–H and O–H groups in total. The molecule has 0 saturated carbocycles. The minimum absolute atomic E-state index is 0.103. The van der Waals surface area contributed by atoms with Crippen LogP contribution < -0.4 is 10.6 Å². The minimum Gasteiger partial charge on any atom is -0.462 e. The summed E-state index contributed by atoms with van der Waals surface area (Å²) in [6.07, 6.45) is 2.61. The van der Waals surface area contributed by atoms with Crippen LogP contribution in [0.1, 0.15) is 49.4 Å². The third kappa shape index (κ3) is 10.3. The molecule has 0 aliphatic rings. The number of ether oxygens (including phenoxy) is 2. The zero-order chi connectivity index (χ0) is 24.1. The van der Waals surface area contributed by atoms with E-state index in [2.05, 4.69) is 33.5 Å². The summed E-state index contributed by atoms with van der Waals surface area (Å²) in [7, 11) is 0. The number of carbonyl (C=O) groups excluding carboxylic acids is 4. The number of hydrogen-bond acceptors (Lipinski definition) is 6. The number of halogens is 1. The first-order valence-corrected chi connectivity index (χ1v) is 11.4. The summed E-state index contributed by atoms with van der Waals surface area (Å²) in [6, 6.07) is 13.3. The van der Waals surface area contributed by atoms with Gasteiger partial charge in [-0.3, -0.25) is 14.4 Å². The molecule has 2 aromatic carbocycles. The molecule has 2 rings (SSSR count). The standard InChI is InChI=1S/C24H27BrN2O6/c1-2-3-4-15-32-24(31)17-5-9-19(10-6-17)26-21(28)13-14-23(30)33-16-22(29)27-20-11-7-18(25)8-12-20/h5-12H,2-4,13-16H2,1H3,(H,26,28)(H,27,29). The largest absolute Gasteiger partial charge is 0.462 e. The van der Waals surface area contributed by atoms with E-state index < -0.39 is 24.5 Å². The molecule has 2 aromatic rings. The zero-order valence-corrected chi connectivity index (χ0v) is 20.0. The molecule has 0 fully saturated rings. The lowest BCUT2D eigenvalue weighted by atomic mass is 10.2. The third-order valence-corrected chi connectivity index (χ3v) is 4.96. The number of esters is 2. The van der Waals surface area contributed by atoms with Crippen LogP contribution in [0.15, 0.2) is 53.0 Å². The van der Waals surface area contributed by atoms with Gasteiger partial charge in [0.25, 0.3) is 5.91 Å². The molecular formula is C24H27BrN2O6. The smallest absolute Gasteiger partial charge is 0.338 e. The maximum absolute atomic E-state index is 12.1. The van der Waals surface area contributed by atoms with Crippen LogP contribution >= 0.6 is 15.9 Å². The number of benzene rings is 2. The van der Waals surface area contributed by atoms with E-state index in [4.69, 9.17) is 9.47 Å². The van der Waals surface area contributed by atoms with Crippen molar-refractivity contribution in [1.82, 2.24) is 0 Å². The molecule has 0 heterocycles. The Morgan fingerprint density at radius 2 is 1.39 bits per heavy atom. The van der Waals surface area contributed by atoms with Gasteiger partial charge in [0.05, 0.1) is 18.6 Å². The predicted octanol–water partition coefficient (Wildman–Crippen LogP) is 4.70. The number of nitrogens with one attached hydrogen (secondary N) is 2. The first-order chi connectivity index (χ1) is 15.9. The second kappa shape index (κ2) is 14.1. The van der Waals surface area contributed by atoms with Crippen LogP contribution in [0.25, 0.3) is 0 Å². The van der Waals surface area contributed by atoms with Gasteiger partial charge in [-0.05, 0) is 55.0 Å². The number of carbonyl (C=O) groups is 4. The van der Waals surface area contributed by atoms with E-state index >= 15 is 0 Å². The van der Waals surface area contributed by atoms with Gasteiger partial charge in [0.1, 0.15) is 0 Å². The molecule has 0 saturated heterocycles. The Labute approximate surface area is 201 Å². The van der Waals surface area contributed by atoms with Gasteiger partial charge in [0, 0.05) is 22.3 Å². The lowest BCUT2D eigenvalue weighted by Gasteiger charge is -2.08. The van der Waals surface area contributed by atoms with Crippen LogP contribution in [-0.4, -0.2) is 37.0 Å². The molecule has 176 valence electrons. The number of rotatable bonds is 12. The molecule has 0 aliphatic carbocycles. The van der Waals surface area contributed by atoms with E-state index in [1.807, 2.05) is 0 Å². The van der Waals surface area contributed by atoms with Gasteiger partial charge in [-0.2, -0.15) is 0 Å². The summed E-state index contributed by atoms with van der Waals surface area (Å²) in [5, 5.41) is 5.25. The van der Waals surface area contributed by atoms with Crippen LogP contribution in [0, 0.1) is 0 Å². The van der Waals surface area contributed by atoms with E-state index in [1.165, 1.54) is 0 Å². The van der Waals surface area contributed by atoms with Crippen LogP contribution in [0.4, 0.5) is 11.4 Å². The molecule has 0 atom stereocenters. The fourth-order valence-electron chi connectivity index (χ4n) is 2.68. The fraction of sp³-hybridized carbons (Fsp3) is 0.333. The molecule has 8 nitrogen and oxygen atoms in total. The number of unbranched alkanes of at least 4 members (excludes halogenated alkanes) is 2. The molecule has 33 heavy (non-hydrogen) atoms. The van der Waals surface area contributed by atoms with Crippen molar-refractivity contribution in [2.24, 2.45) is 0 Å². The van der Waals surface area contributed by atoms with Crippen molar-refractivity contribution in [2.45, 2.75) is 39.0 Å². The second-order valence-corrected chi connectivity index (χ2v) is 8.10. The van der Waals surface area contributed by atoms with Crippen LogP contribution in [0.2, 0.25) is 0 Å². The summed E-state index contributed by atoms with van der Waals surface area (Å²) in [5.74, 6) is -1.92. The predicted molar refractivity (Wildman–Crippen MR) is 128 cm³/mol. The van der Waals surface area contributed by atoms with Gasteiger partial charge in [-0.1, -0.05) is 35.7 Å². The molecule has 0 spiro atoms. The van der Waals surface area contributed by atoms with Crippen molar-refractivity contribution in [2.75, 3.05) is 23.8 Å². The van der Waals surface area contributed by atoms with E-state index in [1.54, 1.807) is 48.5 Å². The highest BCUT2D eigenvalue weighted by Gasteiger charge is 2.12. The van der Waals surface area contributed by atoms with Crippen LogP contribution in [0.5, 0.6) is 0 Å². The van der Waals surface area contributed by atoms with Gasteiger partial charge in [-0.15, -0.1) is 0 Å². The van der Waals surface area contributed by atoms with Crippen molar-refractivity contribution >= 4 is 51.1 Å². The summed E-state index contributed by atoms with van der Waals surface area (Å²) >= 11 is 3.30. The highest BCUT2D eigenvalue weighted by atomic mass is 79.9. The minimum atomic E-state index is -0.655. The highest BCUT2D eigenvalue weighted by molar-refractivity contribution is 9.10. The third-order valence-electron chi connectivity index (χ3n) is 4.43. The van der Waals surface area contributed by atoms with Crippen molar-refractivity contribution in [3.05, 3.63) is 58.6 Å². The van der Waals surface area contributed by atoms with E-state index in [-0.39, 0.29) is 18.7 Å². The molecular weight excluding hydrogens is 492 g/mol. The van der Waals surface area contributed by atoms with Crippen molar-refractivity contribution in [1.29, 1.82) is 0 Å². The van der Waals surface area contributed by atoms with E-state index in [0.717, 1.165) is 23.7 Å². The number of amides is 2. The second-order valence-electron chi connectivity index (χ2n) is 7.18. The van der Waals surface area contributed by atoms with Crippen molar-refractivity contribution < 1.29 is 28.7 Å². The van der Waals surface area contributed by atoms with Crippen molar-refractivity contribution in [3.63, 3.8) is 0 Å². The summed E-state index contributed by atoms with van der Waals surface area (Å²) in [4.78, 5) is 47.6. The molecule has 2 amide bonds. The summed E-state index contributed by atoms with van der Waals surface area (Å²) < 4.78 is 11.0. The van der Waals surface area contributed by atoms with E-state index in [9.17, 15) is 19.2 Å². The lowest BCUT2D eigenvalue weighted by Crippen LogP contribution is -2.21. The first-order valence-electron chi connectivity index (χ1n) is 10.7. The molecule has 0 aliphatic heterocycles. The fourth-order valence-corrected chi connectivity index (χ4v) is 2.94. The maximum atomic E-state index is 12.1. The van der Waals surface area contributed by atoms with Gasteiger partial charge in [0.15, 0.2) is 6.61 Å².